The molecule has 0 N–H and O–H groups in total. The standard InChI is InChI=1S/C16H13BrClFN2/c1-9-4-3-5-13-15(9)21(16(20-13)10(2)18)14-7-6-11(17)8-12(14)19/h3-8,10H,1-2H3. The topological polar surface area (TPSA) is 17.8 Å². The number of hydrogen-bond donors (Lipinski definition) is 0. The molecule has 2 nitrogen and oxygen atoms in total. The zero-order valence-corrected chi connectivity index (χ0v) is 13.9. The number of imidazole rings is 1. The normalized spacial score (nSPS) is 12.8. The van der Waals surface area contributed by atoms with Gasteiger partial charge in [-0.2, -0.15) is 0 Å². The van der Waals surface area contributed by atoms with E-state index in [-0.39, 0.29) is 11.2 Å². The van der Waals surface area contributed by atoms with E-state index in [1.807, 2.05) is 42.7 Å². The van der Waals surface area contributed by atoms with Crippen molar-refractivity contribution in [1.29, 1.82) is 0 Å². The number of benzene rings is 2. The van der Waals surface area contributed by atoms with Crippen molar-refractivity contribution in [3.8, 4) is 5.69 Å². The van der Waals surface area contributed by atoms with Gasteiger partial charge in [-0.1, -0.05) is 28.1 Å². The van der Waals surface area contributed by atoms with Gasteiger partial charge in [0.1, 0.15) is 11.6 Å². The number of hydrogen-bond acceptors (Lipinski definition) is 1. The molecule has 0 saturated heterocycles. The fourth-order valence-corrected chi connectivity index (χ4v) is 2.97. The van der Waals surface area contributed by atoms with Gasteiger partial charge in [-0.05, 0) is 43.7 Å². The van der Waals surface area contributed by atoms with Gasteiger partial charge in [-0.3, -0.25) is 4.57 Å². The van der Waals surface area contributed by atoms with E-state index in [0.717, 1.165) is 16.6 Å². The molecule has 0 saturated carbocycles. The Hall–Kier alpha value is -1.39. The molecular formula is C16H13BrClFN2. The van der Waals surface area contributed by atoms with Crippen molar-refractivity contribution < 1.29 is 4.39 Å². The minimum absolute atomic E-state index is 0.314. The van der Waals surface area contributed by atoms with Crippen LogP contribution in [-0.4, -0.2) is 9.55 Å². The van der Waals surface area contributed by atoms with Crippen molar-refractivity contribution in [2.75, 3.05) is 0 Å². The molecule has 0 fully saturated rings. The van der Waals surface area contributed by atoms with Crippen LogP contribution in [0.1, 0.15) is 23.7 Å². The number of aromatic nitrogens is 2. The summed E-state index contributed by atoms with van der Waals surface area (Å²) in [7, 11) is 0. The van der Waals surface area contributed by atoms with Gasteiger partial charge in [0.15, 0.2) is 0 Å². The first-order valence-electron chi connectivity index (χ1n) is 6.56. The van der Waals surface area contributed by atoms with Gasteiger partial charge in [-0.25, -0.2) is 9.37 Å². The van der Waals surface area contributed by atoms with Crippen LogP contribution >= 0.6 is 27.5 Å². The number of fused-ring (bicyclic) bond motifs is 1. The predicted octanol–water partition coefficient (Wildman–Crippen LogP) is 5.54. The molecular weight excluding hydrogens is 355 g/mol. The second-order valence-electron chi connectivity index (χ2n) is 4.96. The largest absolute Gasteiger partial charge is 0.292 e. The van der Waals surface area contributed by atoms with Crippen LogP contribution in [0.2, 0.25) is 0 Å². The van der Waals surface area contributed by atoms with Crippen LogP contribution in [0.4, 0.5) is 4.39 Å². The van der Waals surface area contributed by atoms with E-state index < -0.39 is 0 Å². The molecule has 1 atom stereocenters. The van der Waals surface area contributed by atoms with Crippen LogP contribution in [0.3, 0.4) is 0 Å². The maximum Gasteiger partial charge on any atom is 0.148 e. The Bertz CT molecular complexity index is 827. The third kappa shape index (κ3) is 2.47. The van der Waals surface area contributed by atoms with E-state index in [0.29, 0.717) is 16.0 Å². The zero-order valence-electron chi connectivity index (χ0n) is 11.6. The molecule has 0 aliphatic rings. The Balaban J connectivity index is 2.41. The Morgan fingerprint density at radius 3 is 2.71 bits per heavy atom. The molecule has 0 amide bonds. The van der Waals surface area contributed by atoms with Crippen LogP contribution in [0.25, 0.3) is 16.7 Å². The molecule has 3 aromatic rings. The highest BCUT2D eigenvalue weighted by Gasteiger charge is 2.19. The lowest BCUT2D eigenvalue weighted by molar-refractivity contribution is 0.615. The fraction of sp³-hybridized carbons (Fsp3) is 0.188. The molecule has 3 rings (SSSR count). The van der Waals surface area contributed by atoms with Crippen molar-refractivity contribution >= 4 is 38.6 Å². The van der Waals surface area contributed by atoms with Crippen LogP contribution < -0.4 is 0 Å². The summed E-state index contributed by atoms with van der Waals surface area (Å²) in [6, 6.07) is 10.8. The number of rotatable bonds is 2. The SMILES string of the molecule is Cc1cccc2nc(C(C)Cl)n(-c3ccc(Br)cc3F)c12. The van der Waals surface area contributed by atoms with E-state index in [4.69, 9.17) is 11.6 Å². The number of nitrogens with zero attached hydrogens (tertiary/aromatic N) is 2. The highest BCUT2D eigenvalue weighted by molar-refractivity contribution is 9.10. The van der Waals surface area contributed by atoms with Crippen LogP contribution in [-0.2, 0) is 0 Å². The Kier molecular flexibility index (Phi) is 3.76. The lowest BCUT2D eigenvalue weighted by Crippen LogP contribution is -2.04. The maximum absolute atomic E-state index is 14.4. The van der Waals surface area contributed by atoms with E-state index in [1.54, 1.807) is 6.07 Å². The third-order valence-electron chi connectivity index (χ3n) is 3.41. The molecule has 0 aliphatic carbocycles. The lowest BCUT2D eigenvalue weighted by Gasteiger charge is -2.13. The molecule has 21 heavy (non-hydrogen) atoms. The van der Waals surface area contributed by atoms with Crippen molar-refractivity contribution in [3.05, 3.63) is 58.1 Å². The van der Waals surface area contributed by atoms with Crippen LogP contribution in [0.5, 0.6) is 0 Å². The average molecular weight is 368 g/mol. The molecule has 1 unspecified atom stereocenters. The summed E-state index contributed by atoms with van der Waals surface area (Å²) in [5, 5.41) is -0.320. The van der Waals surface area contributed by atoms with Crippen molar-refractivity contribution in [3.63, 3.8) is 0 Å². The van der Waals surface area contributed by atoms with Gasteiger partial charge >= 0.3 is 0 Å². The van der Waals surface area contributed by atoms with Crippen molar-refractivity contribution in [2.24, 2.45) is 0 Å². The summed E-state index contributed by atoms with van der Waals surface area (Å²) < 4.78 is 16.9. The molecule has 5 heteroatoms. The summed E-state index contributed by atoms with van der Waals surface area (Å²) in [5.41, 5.74) is 3.20. The van der Waals surface area contributed by atoms with E-state index in [9.17, 15) is 4.39 Å². The first-order chi connectivity index (χ1) is 9.99. The van der Waals surface area contributed by atoms with Gasteiger partial charge in [0.25, 0.3) is 0 Å². The molecule has 1 heterocycles. The Labute approximate surface area is 135 Å². The molecule has 108 valence electrons. The molecule has 1 aromatic heterocycles. The molecule has 0 bridgehead atoms. The Morgan fingerprint density at radius 2 is 2.05 bits per heavy atom. The minimum atomic E-state index is -0.320. The van der Waals surface area contributed by atoms with Crippen LogP contribution in [0, 0.1) is 12.7 Å². The fourth-order valence-electron chi connectivity index (χ4n) is 2.49. The molecule has 2 aromatic carbocycles. The van der Waals surface area contributed by atoms with E-state index >= 15 is 0 Å². The van der Waals surface area contributed by atoms with Gasteiger partial charge < -0.3 is 0 Å². The van der Waals surface area contributed by atoms with Crippen LogP contribution in [0.15, 0.2) is 40.9 Å². The quantitative estimate of drug-likeness (QED) is 0.544. The highest BCUT2D eigenvalue weighted by Crippen LogP contribution is 2.31. The summed E-state index contributed by atoms with van der Waals surface area (Å²) in [6.45, 7) is 3.82. The van der Waals surface area contributed by atoms with E-state index in [1.165, 1.54) is 6.07 Å². The van der Waals surface area contributed by atoms with Crippen molar-refractivity contribution in [2.45, 2.75) is 19.2 Å². The van der Waals surface area contributed by atoms with Gasteiger partial charge in [0, 0.05) is 4.47 Å². The lowest BCUT2D eigenvalue weighted by atomic mass is 10.2. The predicted molar refractivity (Wildman–Crippen MR) is 87.7 cm³/mol. The van der Waals surface area contributed by atoms with Gasteiger partial charge in [0.2, 0.25) is 0 Å². The first-order valence-corrected chi connectivity index (χ1v) is 7.79. The number of aryl methyl sites for hydroxylation is 1. The molecule has 0 radical (unpaired) electrons. The highest BCUT2D eigenvalue weighted by atomic mass is 79.9. The summed E-state index contributed by atoms with van der Waals surface area (Å²) in [4.78, 5) is 4.57. The average Bonchev–Trinajstić information content (AvgIpc) is 2.80. The number of halogens is 3. The van der Waals surface area contributed by atoms with Crippen molar-refractivity contribution in [1.82, 2.24) is 9.55 Å². The molecule has 0 aliphatic heterocycles. The van der Waals surface area contributed by atoms with Gasteiger partial charge in [-0.15, -0.1) is 11.6 Å². The summed E-state index contributed by atoms with van der Waals surface area (Å²) in [6.07, 6.45) is 0. The second-order valence-corrected chi connectivity index (χ2v) is 6.53. The number of alkyl halides is 1. The third-order valence-corrected chi connectivity index (χ3v) is 4.10. The smallest absolute Gasteiger partial charge is 0.148 e. The number of para-hydroxylation sites is 1. The summed E-state index contributed by atoms with van der Waals surface area (Å²) >= 11 is 9.53. The Morgan fingerprint density at radius 1 is 1.29 bits per heavy atom. The first kappa shape index (κ1) is 14.5. The van der Waals surface area contributed by atoms with E-state index in [2.05, 4.69) is 20.9 Å². The molecule has 0 spiro atoms. The second kappa shape index (κ2) is 5.43. The zero-order chi connectivity index (χ0) is 15.1. The summed E-state index contributed by atoms with van der Waals surface area (Å²) in [5.74, 6) is 0.327. The monoisotopic (exact) mass is 366 g/mol. The maximum atomic E-state index is 14.4. The van der Waals surface area contributed by atoms with Gasteiger partial charge in [0.05, 0.1) is 22.1 Å². The minimum Gasteiger partial charge on any atom is -0.292 e.